The van der Waals surface area contributed by atoms with E-state index in [1.807, 2.05) is 6.07 Å². The van der Waals surface area contributed by atoms with E-state index in [4.69, 9.17) is 19.5 Å². The van der Waals surface area contributed by atoms with Crippen molar-refractivity contribution in [2.24, 2.45) is 0 Å². The average molecular weight is 292 g/mol. The van der Waals surface area contributed by atoms with Crippen LogP contribution >= 0.6 is 0 Å². The summed E-state index contributed by atoms with van der Waals surface area (Å²) in [5.74, 6) is 1.04. The standard InChI is InChI=1S/C15H20N2O4/c1-15(2,3)21-14(18)17-7-8-20-13-6-5-12(19-4)9-11(13)10-16/h5-6,9H,7-8H2,1-4H3,(H,17,18). The number of hydrogen-bond acceptors (Lipinski definition) is 5. The zero-order valence-corrected chi connectivity index (χ0v) is 12.7. The topological polar surface area (TPSA) is 80.6 Å². The van der Waals surface area contributed by atoms with Gasteiger partial charge >= 0.3 is 6.09 Å². The molecule has 114 valence electrons. The molecule has 1 aromatic carbocycles. The van der Waals surface area contributed by atoms with Crippen LogP contribution in [0.5, 0.6) is 11.5 Å². The highest BCUT2D eigenvalue weighted by molar-refractivity contribution is 5.67. The molecule has 0 bridgehead atoms. The summed E-state index contributed by atoms with van der Waals surface area (Å²) in [5, 5.41) is 11.6. The van der Waals surface area contributed by atoms with E-state index in [1.165, 1.54) is 7.11 Å². The number of carbonyl (C=O) groups is 1. The number of alkyl carbamates (subject to hydrolysis) is 1. The molecule has 0 aromatic heterocycles. The minimum atomic E-state index is -0.533. The summed E-state index contributed by atoms with van der Waals surface area (Å²) in [5.41, 5.74) is -0.152. The average Bonchev–Trinajstić information content (AvgIpc) is 2.41. The van der Waals surface area contributed by atoms with Gasteiger partial charge in [0.25, 0.3) is 0 Å². The summed E-state index contributed by atoms with van der Waals surface area (Å²) in [4.78, 5) is 11.4. The molecule has 0 spiro atoms. The Kier molecular flexibility index (Phi) is 5.85. The molecular weight excluding hydrogens is 272 g/mol. The molecule has 0 aliphatic heterocycles. The van der Waals surface area contributed by atoms with E-state index >= 15 is 0 Å². The molecule has 0 aliphatic carbocycles. The van der Waals surface area contributed by atoms with Crippen molar-refractivity contribution in [1.82, 2.24) is 5.32 Å². The van der Waals surface area contributed by atoms with E-state index in [0.29, 0.717) is 17.1 Å². The lowest BCUT2D eigenvalue weighted by atomic mass is 10.2. The maximum atomic E-state index is 11.4. The van der Waals surface area contributed by atoms with Gasteiger partial charge in [-0.25, -0.2) is 4.79 Å². The first kappa shape index (κ1) is 16.6. The number of nitrogens with zero attached hydrogens (tertiary/aromatic N) is 1. The minimum absolute atomic E-state index is 0.236. The largest absolute Gasteiger partial charge is 0.497 e. The Morgan fingerprint density at radius 3 is 2.67 bits per heavy atom. The number of methoxy groups -OCH3 is 1. The zero-order chi connectivity index (χ0) is 15.9. The predicted octanol–water partition coefficient (Wildman–Crippen LogP) is 2.47. The van der Waals surface area contributed by atoms with E-state index in [2.05, 4.69) is 5.32 Å². The van der Waals surface area contributed by atoms with Crippen LogP contribution in [-0.4, -0.2) is 32.0 Å². The smallest absolute Gasteiger partial charge is 0.407 e. The van der Waals surface area contributed by atoms with Gasteiger partial charge in [-0.15, -0.1) is 0 Å². The van der Waals surface area contributed by atoms with E-state index in [-0.39, 0.29) is 13.2 Å². The summed E-state index contributed by atoms with van der Waals surface area (Å²) in [6, 6.07) is 6.99. The van der Waals surface area contributed by atoms with Crippen molar-refractivity contribution < 1.29 is 19.0 Å². The number of amides is 1. The number of rotatable bonds is 5. The first-order valence-corrected chi connectivity index (χ1v) is 6.53. The quantitative estimate of drug-likeness (QED) is 0.843. The molecule has 0 unspecified atom stereocenters. The summed E-state index contributed by atoms with van der Waals surface area (Å²) < 4.78 is 15.6. The van der Waals surface area contributed by atoms with Gasteiger partial charge < -0.3 is 19.5 Å². The molecular formula is C15H20N2O4. The van der Waals surface area contributed by atoms with Gasteiger partial charge in [0.15, 0.2) is 0 Å². The molecule has 0 aliphatic rings. The summed E-state index contributed by atoms with van der Waals surface area (Å²) in [7, 11) is 1.53. The summed E-state index contributed by atoms with van der Waals surface area (Å²) in [6.07, 6.45) is -0.499. The van der Waals surface area contributed by atoms with Gasteiger partial charge in [0, 0.05) is 6.07 Å². The van der Waals surface area contributed by atoms with Crippen molar-refractivity contribution in [2.45, 2.75) is 26.4 Å². The third-order valence-corrected chi connectivity index (χ3v) is 2.34. The molecule has 1 N–H and O–H groups in total. The number of benzene rings is 1. The van der Waals surface area contributed by atoms with Gasteiger partial charge in [0.2, 0.25) is 0 Å². The third kappa shape index (κ3) is 6.04. The molecule has 21 heavy (non-hydrogen) atoms. The zero-order valence-electron chi connectivity index (χ0n) is 12.7. The van der Waals surface area contributed by atoms with Gasteiger partial charge in [-0.2, -0.15) is 5.26 Å². The molecule has 0 atom stereocenters. The van der Waals surface area contributed by atoms with Gasteiger partial charge in [-0.1, -0.05) is 0 Å². The van der Waals surface area contributed by atoms with Gasteiger partial charge in [0.1, 0.15) is 29.8 Å². The Hall–Kier alpha value is -2.42. The number of nitrogens with one attached hydrogen (secondary N) is 1. The lowest BCUT2D eigenvalue weighted by Gasteiger charge is -2.19. The summed E-state index contributed by atoms with van der Waals surface area (Å²) in [6.45, 7) is 5.89. The van der Waals surface area contributed by atoms with E-state index in [0.717, 1.165) is 0 Å². The van der Waals surface area contributed by atoms with Gasteiger partial charge in [-0.05, 0) is 32.9 Å². The Bertz CT molecular complexity index is 529. The number of nitriles is 1. The second-order valence-corrected chi connectivity index (χ2v) is 5.25. The molecule has 1 rings (SSSR count). The highest BCUT2D eigenvalue weighted by Crippen LogP contribution is 2.23. The van der Waals surface area contributed by atoms with E-state index in [9.17, 15) is 4.79 Å². The second-order valence-electron chi connectivity index (χ2n) is 5.25. The Morgan fingerprint density at radius 2 is 2.10 bits per heavy atom. The molecule has 0 saturated heterocycles. The van der Waals surface area contributed by atoms with Crippen LogP contribution in [-0.2, 0) is 4.74 Å². The molecule has 6 nitrogen and oxygen atoms in total. The second kappa shape index (κ2) is 7.39. The van der Waals surface area contributed by atoms with Crippen molar-refractivity contribution in [3.63, 3.8) is 0 Å². The van der Waals surface area contributed by atoms with Crippen LogP contribution in [0.4, 0.5) is 4.79 Å². The van der Waals surface area contributed by atoms with E-state index < -0.39 is 11.7 Å². The molecule has 0 radical (unpaired) electrons. The van der Waals surface area contributed by atoms with Crippen molar-refractivity contribution >= 4 is 6.09 Å². The number of carbonyl (C=O) groups excluding carboxylic acids is 1. The molecule has 1 aromatic rings. The first-order valence-electron chi connectivity index (χ1n) is 6.53. The lowest BCUT2D eigenvalue weighted by Crippen LogP contribution is -2.34. The van der Waals surface area contributed by atoms with Crippen LogP contribution in [0.2, 0.25) is 0 Å². The van der Waals surface area contributed by atoms with Crippen LogP contribution in [0.25, 0.3) is 0 Å². The Labute approximate surface area is 124 Å². The first-order chi connectivity index (χ1) is 9.85. The highest BCUT2D eigenvalue weighted by atomic mass is 16.6. The summed E-state index contributed by atoms with van der Waals surface area (Å²) >= 11 is 0. The SMILES string of the molecule is COc1ccc(OCCNC(=O)OC(C)(C)C)c(C#N)c1. The maximum Gasteiger partial charge on any atom is 0.407 e. The normalized spacial score (nSPS) is 10.4. The highest BCUT2D eigenvalue weighted by Gasteiger charge is 2.15. The number of ether oxygens (including phenoxy) is 3. The molecule has 6 heteroatoms. The lowest BCUT2D eigenvalue weighted by molar-refractivity contribution is 0.0520. The van der Waals surface area contributed by atoms with E-state index in [1.54, 1.807) is 39.0 Å². The van der Waals surface area contributed by atoms with Crippen molar-refractivity contribution in [3.8, 4) is 17.6 Å². The molecule has 1 amide bonds. The van der Waals surface area contributed by atoms with Crippen molar-refractivity contribution in [2.75, 3.05) is 20.3 Å². The molecule has 0 fully saturated rings. The van der Waals surface area contributed by atoms with Crippen LogP contribution < -0.4 is 14.8 Å². The van der Waals surface area contributed by atoms with Crippen LogP contribution in [0, 0.1) is 11.3 Å². The maximum absolute atomic E-state index is 11.4. The Morgan fingerprint density at radius 1 is 1.38 bits per heavy atom. The van der Waals surface area contributed by atoms with Crippen LogP contribution in [0.15, 0.2) is 18.2 Å². The minimum Gasteiger partial charge on any atom is -0.497 e. The molecule has 0 heterocycles. The predicted molar refractivity (Wildman–Crippen MR) is 77.4 cm³/mol. The Balaban J connectivity index is 2.43. The van der Waals surface area contributed by atoms with Gasteiger partial charge in [0.05, 0.1) is 19.2 Å². The van der Waals surface area contributed by atoms with Crippen molar-refractivity contribution in [3.05, 3.63) is 23.8 Å². The van der Waals surface area contributed by atoms with Crippen molar-refractivity contribution in [1.29, 1.82) is 5.26 Å². The fraction of sp³-hybridized carbons (Fsp3) is 0.467. The van der Waals surface area contributed by atoms with Gasteiger partial charge in [-0.3, -0.25) is 0 Å². The monoisotopic (exact) mass is 292 g/mol. The number of hydrogen-bond donors (Lipinski definition) is 1. The fourth-order valence-corrected chi connectivity index (χ4v) is 1.48. The van der Waals surface area contributed by atoms with Crippen LogP contribution in [0.1, 0.15) is 26.3 Å². The molecule has 0 saturated carbocycles. The fourth-order valence-electron chi connectivity index (χ4n) is 1.48. The van der Waals surface area contributed by atoms with Crippen LogP contribution in [0.3, 0.4) is 0 Å². The third-order valence-electron chi connectivity index (χ3n) is 2.34.